The Kier molecular flexibility index (Phi) is 5.27. The Balaban J connectivity index is 1.85. The zero-order chi connectivity index (χ0) is 21.3. The van der Waals surface area contributed by atoms with E-state index in [9.17, 15) is 14.7 Å². The summed E-state index contributed by atoms with van der Waals surface area (Å²) < 4.78 is 5.25. The number of nitrogens with zero attached hydrogens (tertiary/aromatic N) is 1. The molecule has 0 radical (unpaired) electrons. The molecule has 5 nitrogen and oxygen atoms in total. The summed E-state index contributed by atoms with van der Waals surface area (Å²) in [5.41, 5.74) is 3.84. The highest BCUT2D eigenvalue weighted by Crippen LogP contribution is 2.43. The van der Waals surface area contributed by atoms with Crippen molar-refractivity contribution in [3.8, 4) is 5.75 Å². The van der Waals surface area contributed by atoms with Crippen LogP contribution in [-0.4, -0.2) is 29.0 Å². The van der Waals surface area contributed by atoms with Crippen molar-refractivity contribution in [1.29, 1.82) is 0 Å². The highest BCUT2D eigenvalue weighted by atomic mass is 16.5. The monoisotopic (exact) mass is 401 g/mol. The number of carbonyl (C=O) groups is 2. The highest BCUT2D eigenvalue weighted by molar-refractivity contribution is 6.00. The molecule has 0 aliphatic carbocycles. The first-order chi connectivity index (χ1) is 14.5. The van der Waals surface area contributed by atoms with Crippen molar-refractivity contribution in [2.45, 2.75) is 25.4 Å². The minimum atomic E-state index is -0.954. The number of rotatable bonds is 5. The van der Waals surface area contributed by atoms with Crippen molar-refractivity contribution < 1.29 is 19.4 Å². The molecule has 0 spiro atoms. The normalized spacial score (nSPS) is 18.1. The fourth-order valence-electron chi connectivity index (χ4n) is 4.10. The molecule has 3 aromatic rings. The van der Waals surface area contributed by atoms with Crippen LogP contribution >= 0.6 is 0 Å². The van der Waals surface area contributed by atoms with Crippen molar-refractivity contribution in [3.05, 3.63) is 101 Å². The van der Waals surface area contributed by atoms with Gasteiger partial charge in [-0.25, -0.2) is 0 Å². The number of methoxy groups -OCH3 is 1. The van der Waals surface area contributed by atoms with Crippen LogP contribution in [0.2, 0.25) is 0 Å². The van der Waals surface area contributed by atoms with Crippen molar-refractivity contribution in [3.63, 3.8) is 0 Å². The van der Waals surface area contributed by atoms with Gasteiger partial charge in [0.2, 0.25) is 0 Å². The summed E-state index contributed by atoms with van der Waals surface area (Å²) in [6.07, 6.45) is 0. The van der Waals surface area contributed by atoms with E-state index in [4.69, 9.17) is 4.74 Å². The predicted octanol–water partition coefficient (Wildman–Crippen LogP) is 4.57. The lowest BCUT2D eigenvalue weighted by molar-refractivity contribution is -0.140. The molecule has 0 unspecified atom stereocenters. The molecular weight excluding hydrogens is 378 g/mol. The van der Waals surface area contributed by atoms with Gasteiger partial charge in [0.1, 0.15) is 11.7 Å². The van der Waals surface area contributed by atoms with Crippen molar-refractivity contribution in [1.82, 2.24) is 4.90 Å². The minimum absolute atomic E-state index is 0.163. The van der Waals surface area contributed by atoms with Crippen LogP contribution in [0.4, 0.5) is 0 Å². The number of benzene rings is 3. The molecular formula is C25H23NO4. The van der Waals surface area contributed by atoms with E-state index >= 15 is 0 Å². The number of ether oxygens (including phenoxy) is 1. The second-order valence-corrected chi connectivity index (χ2v) is 7.54. The smallest absolute Gasteiger partial charge is 0.313 e. The molecule has 3 aromatic carbocycles. The number of hydrogen-bond acceptors (Lipinski definition) is 3. The zero-order valence-electron chi connectivity index (χ0n) is 16.9. The van der Waals surface area contributed by atoms with E-state index in [0.717, 1.165) is 16.7 Å². The molecule has 0 bridgehead atoms. The van der Waals surface area contributed by atoms with Gasteiger partial charge in [-0.15, -0.1) is 0 Å². The van der Waals surface area contributed by atoms with Gasteiger partial charge in [-0.2, -0.15) is 0 Å². The van der Waals surface area contributed by atoms with E-state index in [1.54, 1.807) is 48.4 Å². The summed E-state index contributed by atoms with van der Waals surface area (Å²) in [5.74, 6) is -1.30. The Morgan fingerprint density at radius 1 is 1.00 bits per heavy atom. The third-order valence-corrected chi connectivity index (χ3v) is 5.64. The van der Waals surface area contributed by atoms with Gasteiger partial charge < -0.3 is 14.7 Å². The quantitative estimate of drug-likeness (QED) is 0.680. The third-order valence-electron chi connectivity index (χ3n) is 5.64. The summed E-state index contributed by atoms with van der Waals surface area (Å²) in [4.78, 5) is 27.6. The van der Waals surface area contributed by atoms with Crippen LogP contribution in [0.3, 0.4) is 0 Å². The Morgan fingerprint density at radius 2 is 1.67 bits per heavy atom. The van der Waals surface area contributed by atoms with Crippen LogP contribution in [-0.2, 0) is 11.3 Å². The number of carbonyl (C=O) groups excluding carboxylic acids is 1. The summed E-state index contributed by atoms with van der Waals surface area (Å²) in [6.45, 7) is 2.33. The highest BCUT2D eigenvalue weighted by Gasteiger charge is 2.44. The van der Waals surface area contributed by atoms with Gasteiger partial charge in [-0.3, -0.25) is 9.59 Å². The van der Waals surface area contributed by atoms with Gasteiger partial charge in [0.05, 0.1) is 13.2 Å². The van der Waals surface area contributed by atoms with Crippen LogP contribution in [0.15, 0.2) is 72.8 Å². The van der Waals surface area contributed by atoms with Crippen LogP contribution in [0.1, 0.15) is 44.6 Å². The Hall–Kier alpha value is -3.60. The molecule has 1 aliphatic rings. The fourth-order valence-corrected chi connectivity index (χ4v) is 4.10. The lowest BCUT2D eigenvalue weighted by Crippen LogP contribution is -2.44. The SMILES string of the molecule is COc1ccc([C@@H]2[C@H](C(=O)O)c3ccccc3C(=O)N2Cc2ccc(C)cc2)cc1. The number of hydrogen-bond donors (Lipinski definition) is 1. The van der Waals surface area contributed by atoms with E-state index in [1.165, 1.54) is 0 Å². The summed E-state index contributed by atoms with van der Waals surface area (Å²) in [6, 6.07) is 21.6. The van der Waals surface area contributed by atoms with Crippen LogP contribution in [0.5, 0.6) is 5.75 Å². The van der Waals surface area contributed by atoms with Crippen LogP contribution in [0.25, 0.3) is 0 Å². The van der Waals surface area contributed by atoms with Gasteiger partial charge in [-0.05, 0) is 41.8 Å². The number of fused-ring (bicyclic) bond motifs is 1. The van der Waals surface area contributed by atoms with E-state index in [2.05, 4.69) is 0 Å². The molecule has 0 saturated heterocycles. The molecule has 1 amide bonds. The molecule has 1 N–H and O–H groups in total. The largest absolute Gasteiger partial charge is 0.497 e. The van der Waals surface area contributed by atoms with E-state index in [0.29, 0.717) is 23.4 Å². The first-order valence-corrected chi connectivity index (χ1v) is 9.82. The number of aliphatic carboxylic acids is 1. The van der Waals surface area contributed by atoms with E-state index in [-0.39, 0.29) is 5.91 Å². The standard InChI is InChI=1S/C25H23NO4/c1-16-7-9-17(10-8-16)15-26-23(18-11-13-19(30-2)14-12-18)22(25(28)29)20-5-3-4-6-21(20)24(26)27/h3-14,22-23H,15H2,1-2H3,(H,28,29)/t22-,23-/m1/s1. The summed E-state index contributed by atoms with van der Waals surface area (Å²) in [7, 11) is 1.58. The maximum absolute atomic E-state index is 13.5. The maximum atomic E-state index is 13.5. The average Bonchev–Trinajstić information content (AvgIpc) is 2.76. The Morgan fingerprint density at radius 3 is 2.30 bits per heavy atom. The first-order valence-electron chi connectivity index (χ1n) is 9.82. The number of carboxylic acid groups (broad SMARTS) is 1. The average molecular weight is 401 g/mol. The summed E-state index contributed by atoms with van der Waals surface area (Å²) in [5, 5.41) is 10.2. The molecule has 4 rings (SSSR count). The van der Waals surface area contributed by atoms with Gasteiger partial charge in [0.15, 0.2) is 0 Å². The molecule has 0 saturated carbocycles. The number of carboxylic acids is 1. The molecule has 5 heteroatoms. The number of amides is 1. The third kappa shape index (κ3) is 3.54. The Bertz CT molecular complexity index is 1070. The maximum Gasteiger partial charge on any atom is 0.313 e. The number of aryl methyl sites for hydroxylation is 1. The van der Waals surface area contributed by atoms with Crippen molar-refractivity contribution >= 4 is 11.9 Å². The molecule has 30 heavy (non-hydrogen) atoms. The zero-order valence-corrected chi connectivity index (χ0v) is 16.9. The van der Waals surface area contributed by atoms with Crippen LogP contribution in [0, 0.1) is 6.92 Å². The molecule has 0 fully saturated rings. The Labute approximate surface area is 175 Å². The molecule has 1 heterocycles. The molecule has 2 atom stereocenters. The van der Waals surface area contributed by atoms with Gasteiger partial charge in [-0.1, -0.05) is 60.2 Å². The topological polar surface area (TPSA) is 66.8 Å². The second kappa shape index (κ2) is 8.03. The second-order valence-electron chi connectivity index (χ2n) is 7.54. The lowest BCUT2D eigenvalue weighted by Gasteiger charge is -2.41. The lowest BCUT2D eigenvalue weighted by atomic mass is 9.79. The van der Waals surface area contributed by atoms with E-state index < -0.39 is 17.9 Å². The minimum Gasteiger partial charge on any atom is -0.497 e. The molecule has 0 aromatic heterocycles. The van der Waals surface area contributed by atoms with Crippen molar-refractivity contribution in [2.24, 2.45) is 0 Å². The fraction of sp³-hybridized carbons (Fsp3) is 0.200. The first kappa shape index (κ1) is 19.7. The van der Waals surface area contributed by atoms with Gasteiger partial charge >= 0.3 is 5.97 Å². The van der Waals surface area contributed by atoms with Gasteiger partial charge in [0.25, 0.3) is 5.91 Å². The molecule has 1 aliphatic heterocycles. The van der Waals surface area contributed by atoms with E-state index in [1.807, 2.05) is 43.3 Å². The van der Waals surface area contributed by atoms with Crippen LogP contribution < -0.4 is 4.74 Å². The molecule has 152 valence electrons. The van der Waals surface area contributed by atoms with Crippen molar-refractivity contribution in [2.75, 3.05) is 7.11 Å². The summed E-state index contributed by atoms with van der Waals surface area (Å²) >= 11 is 0. The van der Waals surface area contributed by atoms with Gasteiger partial charge in [0, 0.05) is 12.1 Å². The predicted molar refractivity (Wildman–Crippen MR) is 114 cm³/mol.